The fraction of sp³-hybridized carbons (Fsp3) is 0.0909. The lowest BCUT2D eigenvalue weighted by molar-refractivity contribution is 1.25. The molecule has 1 aromatic rings. The van der Waals surface area contributed by atoms with Crippen molar-refractivity contribution in [3.05, 3.63) is 45.8 Å². The van der Waals surface area contributed by atoms with Gasteiger partial charge in [0.2, 0.25) is 0 Å². The van der Waals surface area contributed by atoms with Gasteiger partial charge in [-0.2, -0.15) is 0 Å². The third kappa shape index (κ3) is 2.95. The lowest BCUT2D eigenvalue weighted by atomic mass is 10.1. The van der Waals surface area contributed by atoms with Crippen molar-refractivity contribution in [2.45, 2.75) is 0 Å². The Kier molecular flexibility index (Phi) is 3.70. The van der Waals surface area contributed by atoms with E-state index in [9.17, 15) is 0 Å². The summed E-state index contributed by atoms with van der Waals surface area (Å²) in [7, 11) is 0. The van der Waals surface area contributed by atoms with Gasteiger partial charge in [-0.05, 0) is 29.8 Å². The molecule has 0 spiro atoms. The van der Waals surface area contributed by atoms with E-state index in [2.05, 4.69) is 27.8 Å². The van der Waals surface area contributed by atoms with E-state index in [1.165, 1.54) is 0 Å². The number of rotatable bonds is 1. The summed E-state index contributed by atoms with van der Waals surface area (Å²) in [6.07, 6.45) is 5.20. The normalized spacial score (nSPS) is 7.64. The van der Waals surface area contributed by atoms with Crippen molar-refractivity contribution in [1.82, 2.24) is 0 Å². The molecule has 1 aromatic carbocycles. The number of azide groups is 1. The largest absolute Gasteiger partial charge is 0.115 e. The van der Waals surface area contributed by atoms with Gasteiger partial charge in [-0.15, -0.1) is 6.42 Å². The summed E-state index contributed by atoms with van der Waals surface area (Å²) in [6.45, 7) is 0.188. The molecule has 0 bridgehead atoms. The van der Waals surface area contributed by atoms with Crippen LogP contribution in [0.4, 0.5) is 0 Å². The van der Waals surface area contributed by atoms with Crippen molar-refractivity contribution in [3.63, 3.8) is 0 Å². The van der Waals surface area contributed by atoms with Crippen LogP contribution in [0.2, 0.25) is 0 Å². The molecular weight excluding hydrogens is 174 g/mol. The number of nitrogens with zero attached hydrogens (tertiary/aromatic N) is 3. The van der Waals surface area contributed by atoms with Crippen LogP contribution in [0, 0.1) is 24.2 Å². The molecule has 14 heavy (non-hydrogen) atoms. The zero-order valence-electron chi connectivity index (χ0n) is 7.44. The lowest BCUT2D eigenvalue weighted by Gasteiger charge is -1.90. The molecule has 0 aromatic heterocycles. The molecule has 0 unspecified atom stereocenters. The highest BCUT2D eigenvalue weighted by Gasteiger charge is 1.86. The summed E-state index contributed by atoms with van der Waals surface area (Å²) in [6, 6.07) is 7.30. The molecule has 0 N–H and O–H groups in total. The average Bonchev–Trinajstić information content (AvgIpc) is 2.25. The number of benzene rings is 1. The van der Waals surface area contributed by atoms with Crippen molar-refractivity contribution >= 4 is 0 Å². The minimum Gasteiger partial charge on any atom is -0.115 e. The van der Waals surface area contributed by atoms with Gasteiger partial charge < -0.3 is 0 Å². The Morgan fingerprint density at radius 3 is 2.50 bits per heavy atom. The van der Waals surface area contributed by atoms with E-state index >= 15 is 0 Å². The highest BCUT2D eigenvalue weighted by Crippen LogP contribution is 2.00. The van der Waals surface area contributed by atoms with Gasteiger partial charge in [0, 0.05) is 16.0 Å². The standard InChI is InChI=1S/C11H7N3/c1-2-10-5-7-11(8-6-10)4-3-9-13-14-12/h1,5-8H,9H2. The van der Waals surface area contributed by atoms with Crippen LogP contribution < -0.4 is 0 Å². The van der Waals surface area contributed by atoms with Crippen molar-refractivity contribution in [3.8, 4) is 24.2 Å². The van der Waals surface area contributed by atoms with Crippen LogP contribution in [0.15, 0.2) is 29.4 Å². The zero-order chi connectivity index (χ0) is 10.2. The second-order valence-corrected chi connectivity index (χ2v) is 2.41. The molecule has 66 valence electrons. The predicted octanol–water partition coefficient (Wildman–Crippen LogP) is 2.33. The van der Waals surface area contributed by atoms with Gasteiger partial charge in [0.25, 0.3) is 0 Å². The highest BCUT2D eigenvalue weighted by atomic mass is 15.1. The summed E-state index contributed by atoms with van der Waals surface area (Å²) in [5.74, 6) is 8.08. The topological polar surface area (TPSA) is 48.8 Å². The maximum absolute atomic E-state index is 8.00. The quantitative estimate of drug-likeness (QED) is 0.276. The first-order chi connectivity index (χ1) is 6.86. The Balaban J connectivity index is 2.72. The van der Waals surface area contributed by atoms with Gasteiger partial charge in [0.15, 0.2) is 0 Å². The molecule has 3 heteroatoms. The first kappa shape index (κ1) is 9.74. The Morgan fingerprint density at radius 2 is 1.93 bits per heavy atom. The van der Waals surface area contributed by atoms with E-state index in [0.29, 0.717) is 0 Å². The molecule has 0 heterocycles. The molecule has 0 saturated heterocycles. The summed E-state index contributed by atoms with van der Waals surface area (Å²) in [4.78, 5) is 2.59. The maximum atomic E-state index is 8.00. The average molecular weight is 181 g/mol. The molecule has 1 rings (SSSR count). The predicted molar refractivity (Wildman–Crippen MR) is 55.3 cm³/mol. The third-order valence-corrected chi connectivity index (χ3v) is 1.50. The molecule has 3 nitrogen and oxygen atoms in total. The maximum Gasteiger partial charge on any atom is 0.0880 e. The SMILES string of the molecule is C#Cc1ccc(C#CCN=[N+]=[N-])cc1. The minimum atomic E-state index is 0.188. The smallest absolute Gasteiger partial charge is 0.0880 e. The van der Waals surface area contributed by atoms with E-state index in [1.807, 2.05) is 24.3 Å². The van der Waals surface area contributed by atoms with Crippen LogP contribution in [-0.2, 0) is 0 Å². The fourth-order valence-corrected chi connectivity index (χ4v) is 0.858. The molecule has 0 radical (unpaired) electrons. The van der Waals surface area contributed by atoms with Crippen molar-refractivity contribution in [2.75, 3.05) is 6.54 Å². The lowest BCUT2D eigenvalue weighted by Crippen LogP contribution is -1.77. The van der Waals surface area contributed by atoms with Crippen LogP contribution in [0.5, 0.6) is 0 Å². The summed E-state index contributed by atoms with van der Waals surface area (Å²) in [5, 5.41) is 3.30. The van der Waals surface area contributed by atoms with Gasteiger partial charge in [-0.1, -0.05) is 22.9 Å². The third-order valence-electron chi connectivity index (χ3n) is 1.50. The van der Waals surface area contributed by atoms with Crippen LogP contribution in [0.25, 0.3) is 10.4 Å². The molecule has 0 fully saturated rings. The van der Waals surface area contributed by atoms with Gasteiger partial charge in [0.05, 0.1) is 6.54 Å². The number of hydrogen-bond donors (Lipinski definition) is 0. The van der Waals surface area contributed by atoms with Gasteiger partial charge in [-0.25, -0.2) is 0 Å². The van der Waals surface area contributed by atoms with Crippen molar-refractivity contribution in [2.24, 2.45) is 5.11 Å². The number of terminal acetylenes is 1. The Labute approximate surface area is 82.4 Å². The summed E-state index contributed by atoms with van der Waals surface area (Å²) in [5.41, 5.74) is 9.68. The fourth-order valence-electron chi connectivity index (χ4n) is 0.858. The van der Waals surface area contributed by atoms with Gasteiger partial charge in [-0.3, -0.25) is 0 Å². The molecule has 0 atom stereocenters. The molecule has 0 aliphatic heterocycles. The second-order valence-electron chi connectivity index (χ2n) is 2.41. The number of hydrogen-bond acceptors (Lipinski definition) is 1. The zero-order valence-corrected chi connectivity index (χ0v) is 7.44. The van der Waals surface area contributed by atoms with Gasteiger partial charge in [0.1, 0.15) is 0 Å². The van der Waals surface area contributed by atoms with Crippen LogP contribution in [-0.4, -0.2) is 6.54 Å². The Bertz CT molecular complexity index is 448. The van der Waals surface area contributed by atoms with Crippen LogP contribution >= 0.6 is 0 Å². The second kappa shape index (κ2) is 5.32. The first-order valence-corrected chi connectivity index (χ1v) is 3.93. The molecular formula is C11H7N3. The molecule has 0 aliphatic rings. The first-order valence-electron chi connectivity index (χ1n) is 3.93. The monoisotopic (exact) mass is 181 g/mol. The van der Waals surface area contributed by atoms with E-state index in [-0.39, 0.29) is 6.54 Å². The Morgan fingerprint density at radius 1 is 1.29 bits per heavy atom. The summed E-state index contributed by atoms with van der Waals surface area (Å²) >= 11 is 0. The molecule has 0 saturated carbocycles. The van der Waals surface area contributed by atoms with E-state index < -0.39 is 0 Å². The molecule has 0 aliphatic carbocycles. The molecule has 0 amide bonds. The summed E-state index contributed by atoms with van der Waals surface area (Å²) < 4.78 is 0. The Hall–Kier alpha value is -2.35. The van der Waals surface area contributed by atoms with E-state index in [4.69, 9.17) is 12.0 Å². The van der Waals surface area contributed by atoms with E-state index in [0.717, 1.165) is 11.1 Å². The van der Waals surface area contributed by atoms with Crippen molar-refractivity contribution < 1.29 is 0 Å². The van der Waals surface area contributed by atoms with Crippen LogP contribution in [0.3, 0.4) is 0 Å². The van der Waals surface area contributed by atoms with Crippen LogP contribution in [0.1, 0.15) is 11.1 Å². The van der Waals surface area contributed by atoms with Crippen molar-refractivity contribution in [1.29, 1.82) is 0 Å². The highest BCUT2D eigenvalue weighted by molar-refractivity contribution is 5.40. The minimum absolute atomic E-state index is 0.188. The van der Waals surface area contributed by atoms with Gasteiger partial charge >= 0.3 is 0 Å². The van der Waals surface area contributed by atoms with E-state index in [1.54, 1.807) is 0 Å².